The fourth-order valence-corrected chi connectivity index (χ4v) is 4.81. The van der Waals surface area contributed by atoms with Crippen LogP contribution in [0, 0.1) is 5.82 Å². The lowest BCUT2D eigenvalue weighted by atomic mass is 9.95. The van der Waals surface area contributed by atoms with Gasteiger partial charge in [-0.05, 0) is 53.4 Å². The predicted molar refractivity (Wildman–Crippen MR) is 138 cm³/mol. The summed E-state index contributed by atoms with van der Waals surface area (Å²) in [5.41, 5.74) is 4.81. The number of anilines is 1. The third-order valence-electron chi connectivity index (χ3n) is 7.18. The van der Waals surface area contributed by atoms with Crippen molar-refractivity contribution in [1.29, 1.82) is 0 Å². The van der Waals surface area contributed by atoms with Crippen molar-refractivity contribution in [2.24, 2.45) is 0 Å². The Morgan fingerprint density at radius 2 is 1.59 bits per heavy atom. The van der Waals surface area contributed by atoms with Gasteiger partial charge in [-0.3, -0.25) is 9.80 Å². The summed E-state index contributed by atoms with van der Waals surface area (Å²) in [6, 6.07) is 19.6. The number of nitrogens with zero attached hydrogens (tertiary/aromatic N) is 2. The number of rotatable bonds is 5. The quantitative estimate of drug-likeness (QED) is 0.299. The van der Waals surface area contributed by atoms with Crippen molar-refractivity contribution in [1.82, 2.24) is 4.90 Å². The molecule has 3 aromatic carbocycles. The van der Waals surface area contributed by atoms with E-state index in [9.17, 15) is 23.1 Å². The number of amides is 1. The molecule has 1 aliphatic rings. The molecule has 1 N–H and O–H groups in total. The molecule has 1 aliphatic heterocycles. The number of likely N-dealkylation sites (tertiary alicyclic amines) is 1. The second-order valence-electron chi connectivity index (χ2n) is 9.57. The van der Waals surface area contributed by atoms with Crippen LogP contribution in [0.5, 0.6) is 0 Å². The average molecular weight is 509 g/mol. The molecule has 4 aromatic rings. The van der Waals surface area contributed by atoms with Gasteiger partial charge in [-0.15, -0.1) is 0 Å². The van der Waals surface area contributed by atoms with E-state index in [0.29, 0.717) is 29.6 Å². The highest BCUT2D eigenvalue weighted by Gasteiger charge is 2.35. The number of hydrogen-bond acceptors (Lipinski definition) is 3. The summed E-state index contributed by atoms with van der Waals surface area (Å²) in [4.78, 5) is 14.6. The Kier molecular flexibility index (Phi) is 6.45. The molecule has 1 amide bonds. The van der Waals surface area contributed by atoms with Crippen molar-refractivity contribution >= 4 is 22.9 Å². The van der Waals surface area contributed by atoms with E-state index < -0.39 is 12.0 Å². The van der Waals surface area contributed by atoms with Crippen LogP contribution < -0.4 is 4.90 Å². The van der Waals surface area contributed by atoms with E-state index >= 15 is 0 Å². The van der Waals surface area contributed by atoms with Crippen molar-refractivity contribution in [3.8, 4) is 22.3 Å². The molecule has 0 bridgehead atoms. The van der Waals surface area contributed by atoms with Crippen LogP contribution in [0.1, 0.15) is 31.4 Å². The molecule has 1 aromatic heterocycles. The standard InChI is InChI=1S/C29H27F3N2O3/c1-18(34-13-11-29(31,32)12-14-34)19-3-5-20(6-4-19)22-15-23-17-26(33(2)28(35)36)37-27(23)25(16-22)21-7-9-24(30)10-8-21/h3-10,15-18H,11-14H2,1-2H3,(H,35,36). The molecule has 5 rings (SSSR count). The van der Waals surface area contributed by atoms with Crippen molar-refractivity contribution < 1.29 is 27.5 Å². The summed E-state index contributed by atoms with van der Waals surface area (Å²) >= 11 is 0. The molecule has 0 spiro atoms. The molecular weight excluding hydrogens is 481 g/mol. The Bertz CT molecular complexity index is 1420. The Labute approximate surface area is 212 Å². The highest BCUT2D eigenvalue weighted by molar-refractivity contribution is 5.99. The zero-order valence-corrected chi connectivity index (χ0v) is 20.5. The lowest BCUT2D eigenvalue weighted by Gasteiger charge is -2.36. The van der Waals surface area contributed by atoms with Gasteiger partial charge in [-0.2, -0.15) is 0 Å². The molecule has 37 heavy (non-hydrogen) atoms. The molecule has 2 heterocycles. The first-order valence-corrected chi connectivity index (χ1v) is 12.1. The van der Waals surface area contributed by atoms with Crippen LogP contribution in [0.3, 0.4) is 0 Å². The molecule has 1 fully saturated rings. The summed E-state index contributed by atoms with van der Waals surface area (Å²) in [7, 11) is 1.40. The number of hydrogen-bond donors (Lipinski definition) is 1. The van der Waals surface area contributed by atoms with E-state index in [1.807, 2.05) is 43.3 Å². The van der Waals surface area contributed by atoms with E-state index in [-0.39, 0.29) is 30.6 Å². The van der Waals surface area contributed by atoms with E-state index in [0.717, 1.165) is 27.2 Å². The van der Waals surface area contributed by atoms with Crippen LogP contribution in [0.25, 0.3) is 33.2 Å². The van der Waals surface area contributed by atoms with Gasteiger partial charge in [0.15, 0.2) is 0 Å². The van der Waals surface area contributed by atoms with Crippen LogP contribution >= 0.6 is 0 Å². The normalized spacial score (nSPS) is 16.6. The number of benzene rings is 3. The Hall–Kier alpha value is -3.78. The van der Waals surface area contributed by atoms with E-state index in [1.165, 1.54) is 19.2 Å². The Morgan fingerprint density at radius 3 is 2.22 bits per heavy atom. The van der Waals surface area contributed by atoms with Crippen LogP contribution in [-0.4, -0.2) is 42.2 Å². The summed E-state index contributed by atoms with van der Waals surface area (Å²) in [6.07, 6.45) is -1.39. The lowest BCUT2D eigenvalue weighted by Crippen LogP contribution is -2.40. The second-order valence-corrected chi connectivity index (χ2v) is 9.57. The maximum atomic E-state index is 13.6. The predicted octanol–water partition coefficient (Wildman–Crippen LogP) is 7.81. The van der Waals surface area contributed by atoms with Gasteiger partial charge in [0.2, 0.25) is 5.88 Å². The lowest BCUT2D eigenvalue weighted by molar-refractivity contribution is -0.0620. The minimum Gasteiger partial charge on any atom is -0.465 e. The smallest absolute Gasteiger partial charge is 0.413 e. The van der Waals surface area contributed by atoms with Crippen LogP contribution in [0.2, 0.25) is 0 Å². The van der Waals surface area contributed by atoms with Gasteiger partial charge < -0.3 is 9.52 Å². The Morgan fingerprint density at radius 1 is 0.973 bits per heavy atom. The topological polar surface area (TPSA) is 56.9 Å². The highest BCUT2D eigenvalue weighted by Crippen LogP contribution is 2.39. The Balaban J connectivity index is 1.51. The molecule has 1 saturated heterocycles. The highest BCUT2D eigenvalue weighted by atomic mass is 19.3. The van der Waals surface area contributed by atoms with Gasteiger partial charge in [0, 0.05) is 56.0 Å². The molecule has 0 saturated carbocycles. The van der Waals surface area contributed by atoms with Gasteiger partial charge in [-0.25, -0.2) is 18.0 Å². The largest absolute Gasteiger partial charge is 0.465 e. The molecular formula is C29H27F3N2O3. The monoisotopic (exact) mass is 508 g/mol. The van der Waals surface area contributed by atoms with Gasteiger partial charge in [0.25, 0.3) is 5.92 Å². The third kappa shape index (κ3) is 5.06. The summed E-state index contributed by atoms with van der Waals surface area (Å²) in [5, 5.41) is 10.1. The number of alkyl halides is 2. The molecule has 8 heteroatoms. The van der Waals surface area contributed by atoms with Crippen LogP contribution in [-0.2, 0) is 0 Å². The minimum absolute atomic E-state index is 0.0189. The van der Waals surface area contributed by atoms with Gasteiger partial charge in [0.1, 0.15) is 11.4 Å². The van der Waals surface area contributed by atoms with Crippen LogP contribution in [0.15, 0.2) is 71.1 Å². The molecule has 0 radical (unpaired) electrons. The van der Waals surface area contributed by atoms with Gasteiger partial charge in [-0.1, -0.05) is 36.4 Å². The zero-order valence-electron chi connectivity index (χ0n) is 20.5. The number of furan rings is 1. The van der Waals surface area contributed by atoms with Gasteiger partial charge in [0.05, 0.1) is 0 Å². The minimum atomic E-state index is -2.58. The van der Waals surface area contributed by atoms with E-state index in [2.05, 4.69) is 4.90 Å². The molecule has 5 nitrogen and oxygen atoms in total. The molecule has 192 valence electrons. The SMILES string of the molecule is CC(c1ccc(-c2cc(-c3ccc(F)cc3)c3oc(N(C)C(=O)O)cc3c2)cc1)N1CCC(F)(F)CC1. The van der Waals surface area contributed by atoms with E-state index in [1.54, 1.807) is 18.2 Å². The van der Waals surface area contributed by atoms with Crippen molar-refractivity contribution in [2.75, 3.05) is 25.0 Å². The molecule has 1 atom stereocenters. The maximum Gasteiger partial charge on any atom is 0.413 e. The fraction of sp³-hybridized carbons (Fsp3) is 0.276. The number of carboxylic acid groups (broad SMARTS) is 1. The average Bonchev–Trinajstić information content (AvgIpc) is 3.32. The molecule has 0 aliphatic carbocycles. The fourth-order valence-electron chi connectivity index (χ4n) is 4.81. The van der Waals surface area contributed by atoms with Crippen molar-refractivity contribution in [3.63, 3.8) is 0 Å². The van der Waals surface area contributed by atoms with E-state index in [4.69, 9.17) is 4.42 Å². The first-order chi connectivity index (χ1) is 17.6. The summed E-state index contributed by atoms with van der Waals surface area (Å²) < 4.78 is 46.7. The number of halogens is 3. The number of fused-ring (bicyclic) bond motifs is 1. The molecule has 1 unspecified atom stereocenters. The zero-order chi connectivity index (χ0) is 26.3. The first kappa shape index (κ1) is 24.9. The van der Waals surface area contributed by atoms with Gasteiger partial charge >= 0.3 is 6.09 Å². The number of carbonyl (C=O) groups is 1. The number of piperidine rings is 1. The second kappa shape index (κ2) is 9.59. The third-order valence-corrected chi connectivity index (χ3v) is 7.18. The van der Waals surface area contributed by atoms with Crippen LogP contribution in [0.4, 0.5) is 23.8 Å². The van der Waals surface area contributed by atoms with Crippen molar-refractivity contribution in [2.45, 2.75) is 31.7 Å². The maximum absolute atomic E-state index is 13.6. The van der Waals surface area contributed by atoms with Crippen molar-refractivity contribution in [3.05, 3.63) is 78.1 Å². The first-order valence-electron chi connectivity index (χ1n) is 12.1. The summed E-state index contributed by atoms with van der Waals surface area (Å²) in [6.45, 7) is 2.76. The summed E-state index contributed by atoms with van der Waals surface area (Å²) in [5.74, 6) is -2.75.